The van der Waals surface area contributed by atoms with Crippen LogP contribution >= 0.6 is 0 Å². The fraction of sp³-hybridized carbons (Fsp3) is 0.318. The first-order valence-electron chi connectivity index (χ1n) is 10.3. The van der Waals surface area contributed by atoms with E-state index in [1.807, 2.05) is 22.6 Å². The van der Waals surface area contributed by atoms with E-state index in [1.165, 1.54) is 24.3 Å². The van der Waals surface area contributed by atoms with E-state index < -0.39 is 10.8 Å². The van der Waals surface area contributed by atoms with Crippen LogP contribution in [0.1, 0.15) is 23.1 Å². The molecule has 1 aliphatic heterocycles. The highest BCUT2D eigenvalue weighted by molar-refractivity contribution is 6.05. The summed E-state index contributed by atoms with van der Waals surface area (Å²) in [5.41, 5.74) is 2.34. The molecule has 1 N–H and O–H groups in total. The maximum Gasteiger partial charge on any atom is 0.270 e. The first-order chi connectivity index (χ1) is 15.3. The highest BCUT2D eigenvalue weighted by Crippen LogP contribution is 2.22. The number of hydrogen-bond acceptors (Lipinski definition) is 6. The lowest BCUT2D eigenvalue weighted by Gasteiger charge is -2.33. The zero-order chi connectivity index (χ0) is 22.8. The van der Waals surface area contributed by atoms with E-state index in [-0.39, 0.29) is 17.2 Å². The molecule has 1 aliphatic rings. The van der Waals surface area contributed by atoms with Gasteiger partial charge in [-0.2, -0.15) is 0 Å². The normalized spacial score (nSPS) is 14.5. The van der Waals surface area contributed by atoms with Crippen molar-refractivity contribution >= 4 is 34.2 Å². The van der Waals surface area contributed by atoms with E-state index >= 15 is 0 Å². The topological polar surface area (TPSA) is 114 Å². The molecule has 0 unspecified atom stereocenters. The number of amides is 2. The van der Waals surface area contributed by atoms with Crippen molar-refractivity contribution in [2.45, 2.75) is 13.5 Å². The molecule has 0 atom stereocenters. The fourth-order valence-corrected chi connectivity index (χ4v) is 3.85. The third kappa shape index (κ3) is 4.45. The molecule has 166 valence electrons. The van der Waals surface area contributed by atoms with Gasteiger partial charge in [-0.3, -0.25) is 24.6 Å². The molecule has 3 aromatic rings. The molecule has 2 heterocycles. The van der Waals surface area contributed by atoms with Gasteiger partial charge in [0.1, 0.15) is 5.82 Å². The highest BCUT2D eigenvalue weighted by atomic mass is 16.6. The van der Waals surface area contributed by atoms with Gasteiger partial charge in [0.25, 0.3) is 11.6 Å². The summed E-state index contributed by atoms with van der Waals surface area (Å²) in [6, 6.07) is 11.1. The minimum absolute atomic E-state index is 0.104. The maximum absolute atomic E-state index is 12.5. The first-order valence-corrected chi connectivity index (χ1v) is 10.3. The molecular weight excluding hydrogens is 412 g/mol. The summed E-state index contributed by atoms with van der Waals surface area (Å²) >= 11 is 0. The van der Waals surface area contributed by atoms with Crippen LogP contribution in [0.25, 0.3) is 11.0 Å². The van der Waals surface area contributed by atoms with E-state index in [9.17, 15) is 19.7 Å². The predicted octanol–water partition coefficient (Wildman–Crippen LogP) is 2.40. The van der Waals surface area contributed by atoms with Crippen molar-refractivity contribution in [3.63, 3.8) is 0 Å². The minimum atomic E-state index is -0.530. The Morgan fingerprint density at radius 1 is 1.12 bits per heavy atom. The number of non-ortho nitro benzene ring substituents is 1. The molecule has 10 nitrogen and oxygen atoms in total. The third-order valence-corrected chi connectivity index (χ3v) is 5.73. The van der Waals surface area contributed by atoms with Crippen molar-refractivity contribution in [2.24, 2.45) is 7.05 Å². The van der Waals surface area contributed by atoms with Crippen molar-refractivity contribution < 1.29 is 14.5 Å². The van der Waals surface area contributed by atoms with Crippen LogP contribution in [-0.2, 0) is 18.4 Å². The molecule has 1 aromatic heterocycles. The van der Waals surface area contributed by atoms with Gasteiger partial charge in [-0.15, -0.1) is 0 Å². The Morgan fingerprint density at radius 2 is 1.88 bits per heavy atom. The Kier molecular flexibility index (Phi) is 5.87. The number of nitrogens with zero attached hydrogens (tertiary/aromatic N) is 5. The number of fused-ring (bicyclic) bond motifs is 1. The van der Waals surface area contributed by atoms with E-state index in [4.69, 9.17) is 4.98 Å². The summed E-state index contributed by atoms with van der Waals surface area (Å²) < 4.78 is 2.03. The largest absolute Gasteiger partial charge is 0.340 e. The van der Waals surface area contributed by atoms with Crippen LogP contribution in [0.15, 0.2) is 42.5 Å². The number of imidazole rings is 1. The first kappa shape index (κ1) is 21.4. The lowest BCUT2D eigenvalue weighted by molar-refractivity contribution is -0.384. The second-order valence-corrected chi connectivity index (χ2v) is 7.83. The van der Waals surface area contributed by atoms with Crippen LogP contribution in [0.3, 0.4) is 0 Å². The number of carbonyl (C=O) groups is 2. The van der Waals surface area contributed by atoms with Crippen molar-refractivity contribution in [3.05, 3.63) is 64.0 Å². The van der Waals surface area contributed by atoms with E-state index in [2.05, 4.69) is 10.2 Å². The second kappa shape index (κ2) is 8.75. The number of aryl methyl sites for hydroxylation is 1. The SMILES string of the molecule is CC(=O)N1CCN(Cc2nc3cc(NC(=O)c4cccc([N+](=O)[O-])c4)ccc3n2C)CC1. The van der Waals surface area contributed by atoms with Gasteiger partial charge in [-0.05, 0) is 24.3 Å². The van der Waals surface area contributed by atoms with Gasteiger partial charge in [-0.1, -0.05) is 6.07 Å². The quantitative estimate of drug-likeness (QED) is 0.485. The molecule has 32 heavy (non-hydrogen) atoms. The molecule has 0 aliphatic carbocycles. The van der Waals surface area contributed by atoms with Crippen molar-refractivity contribution in [2.75, 3.05) is 31.5 Å². The van der Waals surface area contributed by atoms with E-state index in [0.29, 0.717) is 25.3 Å². The second-order valence-electron chi connectivity index (χ2n) is 7.83. The third-order valence-electron chi connectivity index (χ3n) is 5.73. The summed E-state index contributed by atoms with van der Waals surface area (Å²) in [6.07, 6.45) is 0. The van der Waals surface area contributed by atoms with Gasteiger partial charge >= 0.3 is 0 Å². The van der Waals surface area contributed by atoms with Crippen molar-refractivity contribution in [1.82, 2.24) is 19.4 Å². The summed E-state index contributed by atoms with van der Waals surface area (Å²) in [5.74, 6) is 0.582. The highest BCUT2D eigenvalue weighted by Gasteiger charge is 2.20. The fourth-order valence-electron chi connectivity index (χ4n) is 3.85. The van der Waals surface area contributed by atoms with E-state index in [1.54, 1.807) is 19.1 Å². The molecule has 1 fully saturated rings. The van der Waals surface area contributed by atoms with Crippen LogP contribution in [0, 0.1) is 10.1 Å². The van der Waals surface area contributed by atoms with Crippen LogP contribution in [0.2, 0.25) is 0 Å². The van der Waals surface area contributed by atoms with Crippen LogP contribution in [0.5, 0.6) is 0 Å². The Hall–Kier alpha value is -3.79. The van der Waals surface area contributed by atoms with Crippen LogP contribution in [0.4, 0.5) is 11.4 Å². The smallest absolute Gasteiger partial charge is 0.270 e. The van der Waals surface area contributed by atoms with Gasteiger partial charge in [0.15, 0.2) is 0 Å². The van der Waals surface area contributed by atoms with Gasteiger partial charge in [-0.25, -0.2) is 4.98 Å². The summed E-state index contributed by atoms with van der Waals surface area (Å²) in [6.45, 7) is 5.30. The van der Waals surface area contributed by atoms with Gasteiger partial charge in [0.2, 0.25) is 5.91 Å². The lowest BCUT2D eigenvalue weighted by atomic mass is 10.2. The van der Waals surface area contributed by atoms with Gasteiger partial charge in [0.05, 0.1) is 22.5 Å². The summed E-state index contributed by atoms with van der Waals surface area (Å²) in [4.78, 5) is 43.3. The van der Waals surface area contributed by atoms with Crippen LogP contribution in [-0.4, -0.2) is 62.3 Å². The van der Waals surface area contributed by atoms with E-state index in [0.717, 1.165) is 29.9 Å². The summed E-state index contributed by atoms with van der Waals surface area (Å²) in [7, 11) is 1.96. The molecule has 0 saturated carbocycles. The van der Waals surface area contributed by atoms with Crippen molar-refractivity contribution in [3.8, 4) is 0 Å². The number of aromatic nitrogens is 2. The molecule has 0 spiro atoms. The molecule has 2 amide bonds. The summed E-state index contributed by atoms with van der Waals surface area (Å²) in [5, 5.41) is 13.7. The zero-order valence-electron chi connectivity index (χ0n) is 17.9. The maximum atomic E-state index is 12.5. The number of rotatable bonds is 5. The number of hydrogen-bond donors (Lipinski definition) is 1. The Labute approximate surface area is 184 Å². The van der Waals surface area contributed by atoms with Gasteiger partial charge in [0, 0.05) is 63.5 Å². The molecule has 4 rings (SSSR count). The Balaban J connectivity index is 1.48. The monoisotopic (exact) mass is 436 g/mol. The number of nitro groups is 1. The van der Waals surface area contributed by atoms with Crippen LogP contribution < -0.4 is 5.32 Å². The van der Waals surface area contributed by atoms with Crippen molar-refractivity contribution in [1.29, 1.82) is 0 Å². The zero-order valence-corrected chi connectivity index (χ0v) is 17.9. The Morgan fingerprint density at radius 3 is 2.56 bits per heavy atom. The number of benzene rings is 2. The molecule has 10 heteroatoms. The average molecular weight is 436 g/mol. The predicted molar refractivity (Wildman–Crippen MR) is 119 cm³/mol. The average Bonchev–Trinajstić information content (AvgIpc) is 3.08. The molecule has 2 aromatic carbocycles. The molecule has 1 saturated heterocycles. The number of piperazine rings is 1. The lowest BCUT2D eigenvalue weighted by Crippen LogP contribution is -2.47. The Bertz CT molecular complexity index is 1200. The molecule has 0 bridgehead atoms. The number of carbonyl (C=O) groups excluding carboxylic acids is 2. The number of nitro benzene ring substituents is 1. The minimum Gasteiger partial charge on any atom is -0.340 e. The molecular formula is C22H24N6O4. The number of nitrogens with one attached hydrogen (secondary N) is 1. The molecule has 0 radical (unpaired) electrons. The van der Waals surface area contributed by atoms with Gasteiger partial charge < -0.3 is 14.8 Å². The number of anilines is 1. The standard InChI is InChI=1S/C22H24N6O4/c1-15(29)27-10-8-26(9-11-27)14-21-24-19-13-17(6-7-20(19)25(21)2)23-22(30)16-4-3-5-18(12-16)28(31)32/h3-7,12-13H,8-11,14H2,1-2H3,(H,23,30).